The number of imidazole rings is 1. The Bertz CT molecular complexity index is 746. The van der Waals surface area contributed by atoms with Crippen molar-refractivity contribution in [3.8, 4) is 0 Å². The van der Waals surface area contributed by atoms with Gasteiger partial charge in [0, 0.05) is 13.1 Å². The van der Waals surface area contributed by atoms with Crippen LogP contribution in [0.25, 0.3) is 11.2 Å². The average Bonchev–Trinajstić information content (AvgIpc) is 3.27. The maximum atomic E-state index is 10.4. The zero-order valence-corrected chi connectivity index (χ0v) is 13.0. The number of aromatic nitrogens is 4. The number of anilines is 2. The van der Waals surface area contributed by atoms with Crippen LogP contribution >= 0.6 is 0 Å². The Labute approximate surface area is 137 Å². The molecule has 24 heavy (non-hydrogen) atoms. The molecule has 0 bridgehead atoms. The quantitative estimate of drug-likeness (QED) is 0.533. The summed E-state index contributed by atoms with van der Waals surface area (Å²) in [5.74, 6) is 0.815. The number of ether oxygens (including phenoxy) is 1. The van der Waals surface area contributed by atoms with E-state index >= 15 is 0 Å². The number of aliphatic hydroxyl groups is 3. The van der Waals surface area contributed by atoms with Gasteiger partial charge in [-0.1, -0.05) is 0 Å². The summed E-state index contributed by atoms with van der Waals surface area (Å²) in [5.41, 5.74) is 6.77. The highest BCUT2D eigenvalue weighted by Gasteiger charge is 2.45. The number of nitrogens with zero attached hydrogens (tertiary/aromatic N) is 5. The Morgan fingerprint density at radius 1 is 1.21 bits per heavy atom. The molecule has 2 aliphatic heterocycles. The molecule has 0 saturated carbocycles. The van der Waals surface area contributed by atoms with Gasteiger partial charge < -0.3 is 30.7 Å². The third kappa shape index (κ3) is 2.22. The monoisotopic (exact) mass is 336 g/mol. The maximum Gasteiger partial charge on any atom is 0.210 e. The fourth-order valence-electron chi connectivity index (χ4n) is 3.38. The largest absolute Gasteiger partial charge is 0.394 e. The molecule has 2 aliphatic rings. The van der Waals surface area contributed by atoms with Gasteiger partial charge in [0.15, 0.2) is 23.2 Å². The zero-order chi connectivity index (χ0) is 16.8. The second-order valence-corrected chi connectivity index (χ2v) is 6.14. The first kappa shape index (κ1) is 15.5. The highest BCUT2D eigenvalue weighted by Crippen LogP contribution is 2.36. The maximum absolute atomic E-state index is 10.4. The lowest BCUT2D eigenvalue weighted by Gasteiger charge is -2.23. The number of aliphatic hydroxyl groups excluding tert-OH is 3. The smallest absolute Gasteiger partial charge is 0.210 e. The molecule has 10 heteroatoms. The molecule has 0 aliphatic carbocycles. The Morgan fingerprint density at radius 2 is 1.96 bits per heavy atom. The van der Waals surface area contributed by atoms with Crippen molar-refractivity contribution in [2.24, 2.45) is 0 Å². The van der Waals surface area contributed by atoms with Crippen molar-refractivity contribution in [2.75, 3.05) is 30.3 Å². The van der Waals surface area contributed by atoms with Crippen LogP contribution in [0.5, 0.6) is 0 Å². The van der Waals surface area contributed by atoms with Crippen molar-refractivity contribution >= 4 is 22.9 Å². The topological polar surface area (TPSA) is 143 Å². The minimum absolute atomic E-state index is 0.242. The summed E-state index contributed by atoms with van der Waals surface area (Å²) in [6.07, 6.45) is -0.772. The molecule has 2 fully saturated rings. The third-order valence-corrected chi connectivity index (χ3v) is 4.65. The van der Waals surface area contributed by atoms with Crippen molar-refractivity contribution in [3.63, 3.8) is 0 Å². The minimum Gasteiger partial charge on any atom is -0.394 e. The predicted octanol–water partition coefficient (Wildman–Crippen LogP) is -1.38. The van der Waals surface area contributed by atoms with Crippen molar-refractivity contribution in [3.05, 3.63) is 6.33 Å². The van der Waals surface area contributed by atoms with Crippen molar-refractivity contribution < 1.29 is 20.1 Å². The van der Waals surface area contributed by atoms with E-state index in [4.69, 9.17) is 10.5 Å². The van der Waals surface area contributed by atoms with E-state index in [9.17, 15) is 15.3 Å². The van der Waals surface area contributed by atoms with Crippen LogP contribution in [0, 0.1) is 0 Å². The number of hydrogen-bond donors (Lipinski definition) is 4. The number of rotatable bonds is 3. The Balaban J connectivity index is 1.86. The summed E-state index contributed by atoms with van der Waals surface area (Å²) in [4.78, 5) is 14.8. The van der Waals surface area contributed by atoms with Crippen LogP contribution in [0.15, 0.2) is 6.33 Å². The molecule has 0 radical (unpaired) electrons. The number of nitrogen functional groups attached to an aromatic ring is 1. The third-order valence-electron chi connectivity index (χ3n) is 4.65. The van der Waals surface area contributed by atoms with Crippen molar-refractivity contribution in [1.29, 1.82) is 0 Å². The first-order valence-corrected chi connectivity index (χ1v) is 7.97. The summed E-state index contributed by atoms with van der Waals surface area (Å²) in [6, 6.07) is 0. The van der Waals surface area contributed by atoms with Gasteiger partial charge in [-0.2, -0.15) is 0 Å². The van der Waals surface area contributed by atoms with Gasteiger partial charge in [-0.25, -0.2) is 15.0 Å². The Morgan fingerprint density at radius 3 is 2.62 bits per heavy atom. The van der Waals surface area contributed by atoms with Crippen LogP contribution in [0.4, 0.5) is 11.8 Å². The van der Waals surface area contributed by atoms with Gasteiger partial charge in [0.2, 0.25) is 5.95 Å². The van der Waals surface area contributed by atoms with E-state index in [2.05, 4.69) is 19.9 Å². The fourth-order valence-corrected chi connectivity index (χ4v) is 3.38. The van der Waals surface area contributed by atoms with Crippen LogP contribution in [0.2, 0.25) is 0 Å². The van der Waals surface area contributed by atoms with E-state index in [0.29, 0.717) is 17.1 Å². The average molecular weight is 336 g/mol. The van der Waals surface area contributed by atoms with Crippen LogP contribution in [-0.4, -0.2) is 72.8 Å². The van der Waals surface area contributed by atoms with Gasteiger partial charge in [-0.15, -0.1) is 0 Å². The molecule has 2 saturated heterocycles. The lowest BCUT2D eigenvalue weighted by atomic mass is 10.1. The summed E-state index contributed by atoms with van der Waals surface area (Å²) in [7, 11) is 0. The number of fused-ring (bicyclic) bond motifs is 1. The molecule has 2 aromatic heterocycles. The SMILES string of the molecule is Nc1ncnc2c1nc(N1CCCC1)n2C1O[C@H](CO)[C@@H](O)[C@H]1O. The van der Waals surface area contributed by atoms with E-state index < -0.39 is 31.1 Å². The molecule has 4 atom stereocenters. The second kappa shape index (κ2) is 5.81. The molecule has 0 aromatic carbocycles. The van der Waals surface area contributed by atoms with Crippen LogP contribution in [0.3, 0.4) is 0 Å². The van der Waals surface area contributed by atoms with Gasteiger partial charge in [0.1, 0.15) is 24.6 Å². The minimum atomic E-state index is -1.21. The molecule has 4 rings (SSSR count). The lowest BCUT2D eigenvalue weighted by molar-refractivity contribution is -0.0504. The van der Waals surface area contributed by atoms with Gasteiger partial charge in [0.05, 0.1) is 6.61 Å². The number of nitrogens with two attached hydrogens (primary N) is 1. The normalized spacial score (nSPS) is 30.5. The van der Waals surface area contributed by atoms with Gasteiger partial charge in [-0.05, 0) is 12.8 Å². The molecule has 130 valence electrons. The molecule has 4 heterocycles. The van der Waals surface area contributed by atoms with Crippen LogP contribution in [-0.2, 0) is 4.74 Å². The molecule has 1 unspecified atom stereocenters. The first-order valence-electron chi connectivity index (χ1n) is 7.97. The van der Waals surface area contributed by atoms with Gasteiger partial charge >= 0.3 is 0 Å². The molecular formula is C14H20N6O4. The van der Waals surface area contributed by atoms with E-state index in [1.165, 1.54) is 6.33 Å². The molecule has 5 N–H and O–H groups in total. The van der Waals surface area contributed by atoms with E-state index in [1.54, 1.807) is 4.57 Å². The standard InChI is InChI=1S/C14H20N6O4/c15-11-8-12(17-6-16-11)20(14(18-8)19-3-1-2-4-19)13-10(23)9(22)7(5-21)24-13/h6-7,9-10,13,21-23H,1-5H2,(H2,15,16,17)/t7-,9-,10-,13?/m1/s1. The van der Waals surface area contributed by atoms with Crippen LogP contribution < -0.4 is 10.6 Å². The molecule has 2 aromatic rings. The predicted molar refractivity (Wildman–Crippen MR) is 84.2 cm³/mol. The molecule has 10 nitrogen and oxygen atoms in total. The lowest BCUT2D eigenvalue weighted by Crippen LogP contribution is -2.34. The number of hydrogen-bond acceptors (Lipinski definition) is 9. The van der Waals surface area contributed by atoms with Crippen molar-refractivity contribution in [2.45, 2.75) is 37.4 Å². The second-order valence-electron chi connectivity index (χ2n) is 6.14. The van der Waals surface area contributed by atoms with E-state index in [0.717, 1.165) is 25.9 Å². The van der Waals surface area contributed by atoms with Crippen molar-refractivity contribution in [1.82, 2.24) is 19.5 Å². The fraction of sp³-hybridized carbons (Fsp3) is 0.643. The summed E-state index contributed by atoms with van der Waals surface area (Å²) < 4.78 is 7.31. The summed E-state index contributed by atoms with van der Waals surface area (Å²) >= 11 is 0. The summed E-state index contributed by atoms with van der Waals surface area (Å²) in [6.45, 7) is 1.26. The van der Waals surface area contributed by atoms with E-state index in [1.807, 2.05) is 0 Å². The summed E-state index contributed by atoms with van der Waals surface area (Å²) in [5, 5.41) is 29.8. The van der Waals surface area contributed by atoms with Gasteiger partial charge in [0.25, 0.3) is 0 Å². The van der Waals surface area contributed by atoms with E-state index in [-0.39, 0.29) is 5.82 Å². The highest BCUT2D eigenvalue weighted by atomic mass is 16.6. The molecule has 0 amide bonds. The first-order chi connectivity index (χ1) is 11.6. The Kier molecular flexibility index (Phi) is 3.76. The molecular weight excluding hydrogens is 316 g/mol. The zero-order valence-electron chi connectivity index (χ0n) is 13.0. The van der Waals surface area contributed by atoms with Crippen LogP contribution in [0.1, 0.15) is 19.1 Å². The molecule has 0 spiro atoms. The Hall–Kier alpha value is -2.01. The highest BCUT2D eigenvalue weighted by molar-refractivity contribution is 5.84. The van der Waals surface area contributed by atoms with Gasteiger partial charge in [-0.3, -0.25) is 4.57 Å².